The van der Waals surface area contributed by atoms with Gasteiger partial charge in [-0.1, -0.05) is 48.2 Å². The minimum Gasteiger partial charge on any atom is -0.359 e. The van der Waals surface area contributed by atoms with Crippen LogP contribution in [0.4, 0.5) is 11.4 Å². The van der Waals surface area contributed by atoms with E-state index in [2.05, 4.69) is 37.4 Å². The minimum absolute atomic E-state index is 0.138. The number of hydrogen-bond donors (Lipinski definition) is 1. The molecule has 0 atom stereocenters. The van der Waals surface area contributed by atoms with Crippen LogP contribution >= 0.6 is 11.8 Å². The van der Waals surface area contributed by atoms with Gasteiger partial charge in [-0.25, -0.2) is 4.99 Å². The summed E-state index contributed by atoms with van der Waals surface area (Å²) >= 11 is 1.83. The molecule has 3 rings (SSSR count). The number of para-hydroxylation sites is 2. The standard InChI is InChI=1S/C19H20N2S/c1-19(2)14-17(20-15-9-5-3-6-10-15)13-18(22-19)21-16-11-7-4-8-12-16/h3-13,20H,14H2,1-2H3. The number of allylic oxidation sites excluding steroid dienone is 1. The first-order valence-corrected chi connectivity index (χ1v) is 8.28. The number of rotatable bonds is 3. The topological polar surface area (TPSA) is 24.4 Å². The van der Waals surface area contributed by atoms with E-state index in [-0.39, 0.29) is 4.75 Å². The van der Waals surface area contributed by atoms with Gasteiger partial charge in [0.05, 0.1) is 10.7 Å². The average molecular weight is 308 g/mol. The molecule has 1 N–H and O–H groups in total. The molecule has 0 fully saturated rings. The van der Waals surface area contributed by atoms with Crippen LogP contribution in [-0.2, 0) is 0 Å². The second-order valence-corrected chi connectivity index (χ2v) is 7.71. The Bertz CT molecular complexity index is 688. The summed E-state index contributed by atoms with van der Waals surface area (Å²) < 4.78 is 0.138. The molecule has 3 heteroatoms. The zero-order chi connectivity index (χ0) is 15.4. The highest BCUT2D eigenvalue weighted by molar-refractivity contribution is 8.15. The highest BCUT2D eigenvalue weighted by atomic mass is 32.2. The molecule has 0 aromatic heterocycles. The smallest absolute Gasteiger partial charge is 0.0989 e. The Labute approximate surface area is 136 Å². The monoisotopic (exact) mass is 308 g/mol. The van der Waals surface area contributed by atoms with Gasteiger partial charge < -0.3 is 5.32 Å². The van der Waals surface area contributed by atoms with Crippen LogP contribution in [0.1, 0.15) is 20.3 Å². The molecular formula is C19H20N2S. The SMILES string of the molecule is CC1(C)CC(Nc2ccccc2)=CC(=Nc2ccccc2)S1. The van der Waals surface area contributed by atoms with Crippen molar-refractivity contribution in [2.75, 3.05) is 5.32 Å². The highest BCUT2D eigenvalue weighted by Gasteiger charge is 2.27. The van der Waals surface area contributed by atoms with Crippen molar-refractivity contribution < 1.29 is 0 Å². The van der Waals surface area contributed by atoms with Gasteiger partial charge in [0.15, 0.2) is 0 Å². The van der Waals surface area contributed by atoms with Gasteiger partial charge in [0, 0.05) is 22.6 Å². The molecule has 112 valence electrons. The van der Waals surface area contributed by atoms with Crippen LogP contribution in [0.25, 0.3) is 0 Å². The number of nitrogens with zero attached hydrogens (tertiary/aromatic N) is 1. The Morgan fingerprint density at radius 1 is 0.955 bits per heavy atom. The fourth-order valence-electron chi connectivity index (χ4n) is 2.48. The summed E-state index contributed by atoms with van der Waals surface area (Å²) in [6.45, 7) is 4.52. The summed E-state index contributed by atoms with van der Waals surface area (Å²) in [5.41, 5.74) is 3.33. The Morgan fingerprint density at radius 3 is 2.27 bits per heavy atom. The van der Waals surface area contributed by atoms with Crippen molar-refractivity contribution in [3.8, 4) is 0 Å². The molecule has 2 aromatic carbocycles. The lowest BCUT2D eigenvalue weighted by Gasteiger charge is -2.30. The van der Waals surface area contributed by atoms with Gasteiger partial charge in [-0.15, -0.1) is 0 Å². The second-order valence-electron chi connectivity index (χ2n) is 5.98. The third kappa shape index (κ3) is 4.01. The number of hydrogen-bond acceptors (Lipinski definition) is 3. The Balaban J connectivity index is 1.87. The average Bonchev–Trinajstić information content (AvgIpc) is 2.47. The highest BCUT2D eigenvalue weighted by Crippen LogP contribution is 2.38. The van der Waals surface area contributed by atoms with Gasteiger partial charge in [-0.2, -0.15) is 0 Å². The predicted octanol–water partition coefficient (Wildman–Crippen LogP) is 5.63. The van der Waals surface area contributed by atoms with Crippen molar-refractivity contribution >= 4 is 28.2 Å². The van der Waals surface area contributed by atoms with E-state index in [4.69, 9.17) is 4.99 Å². The van der Waals surface area contributed by atoms with Crippen molar-refractivity contribution in [3.63, 3.8) is 0 Å². The predicted molar refractivity (Wildman–Crippen MR) is 98.0 cm³/mol. The largest absolute Gasteiger partial charge is 0.359 e. The van der Waals surface area contributed by atoms with E-state index in [1.807, 2.05) is 60.3 Å². The van der Waals surface area contributed by atoms with Gasteiger partial charge in [-0.3, -0.25) is 0 Å². The summed E-state index contributed by atoms with van der Waals surface area (Å²) in [6.07, 6.45) is 3.16. The molecule has 0 unspecified atom stereocenters. The lowest BCUT2D eigenvalue weighted by atomic mass is 10.1. The number of anilines is 1. The summed E-state index contributed by atoms with van der Waals surface area (Å²) in [4.78, 5) is 4.77. The Hall–Kier alpha value is -2.00. The summed E-state index contributed by atoms with van der Waals surface area (Å²) in [5.74, 6) is 0. The first kappa shape index (κ1) is 14.9. The fraction of sp³-hybridized carbons (Fsp3) is 0.211. The third-order valence-electron chi connectivity index (χ3n) is 3.37. The Morgan fingerprint density at radius 2 is 1.59 bits per heavy atom. The van der Waals surface area contributed by atoms with Crippen LogP contribution < -0.4 is 5.32 Å². The van der Waals surface area contributed by atoms with Crippen molar-refractivity contribution in [1.82, 2.24) is 0 Å². The first-order valence-electron chi connectivity index (χ1n) is 7.46. The quantitative estimate of drug-likeness (QED) is 0.795. The number of thioether (sulfide) groups is 1. The maximum Gasteiger partial charge on any atom is 0.0989 e. The molecule has 2 aromatic rings. The summed E-state index contributed by atoms with van der Waals surface area (Å²) in [5, 5.41) is 4.58. The first-order chi connectivity index (χ1) is 10.6. The third-order valence-corrected chi connectivity index (χ3v) is 4.48. The lowest BCUT2D eigenvalue weighted by Crippen LogP contribution is -2.24. The molecule has 0 amide bonds. The minimum atomic E-state index is 0.138. The normalized spacial score (nSPS) is 18.8. The molecule has 1 aliphatic heterocycles. The zero-order valence-corrected chi connectivity index (χ0v) is 13.7. The van der Waals surface area contributed by atoms with E-state index in [0.29, 0.717) is 0 Å². The van der Waals surface area contributed by atoms with Gasteiger partial charge in [-0.05, 0) is 44.2 Å². The van der Waals surface area contributed by atoms with Crippen LogP contribution in [0.3, 0.4) is 0 Å². The van der Waals surface area contributed by atoms with Crippen LogP contribution in [0.2, 0.25) is 0 Å². The molecule has 0 radical (unpaired) electrons. The van der Waals surface area contributed by atoms with Gasteiger partial charge in [0.1, 0.15) is 0 Å². The van der Waals surface area contributed by atoms with E-state index in [1.165, 1.54) is 5.70 Å². The molecule has 1 heterocycles. The molecule has 0 saturated heterocycles. The molecular weight excluding hydrogens is 288 g/mol. The van der Waals surface area contributed by atoms with Crippen LogP contribution in [-0.4, -0.2) is 9.79 Å². The van der Waals surface area contributed by atoms with Crippen molar-refractivity contribution in [2.45, 2.75) is 25.0 Å². The maximum absolute atomic E-state index is 4.77. The van der Waals surface area contributed by atoms with E-state index in [0.717, 1.165) is 22.8 Å². The van der Waals surface area contributed by atoms with E-state index in [9.17, 15) is 0 Å². The van der Waals surface area contributed by atoms with E-state index in [1.54, 1.807) is 0 Å². The molecule has 0 saturated carbocycles. The summed E-state index contributed by atoms with van der Waals surface area (Å²) in [7, 11) is 0. The van der Waals surface area contributed by atoms with Crippen molar-refractivity contribution in [1.29, 1.82) is 0 Å². The zero-order valence-electron chi connectivity index (χ0n) is 12.9. The molecule has 0 aliphatic carbocycles. The Kier molecular flexibility index (Phi) is 4.34. The molecule has 0 spiro atoms. The summed E-state index contributed by atoms with van der Waals surface area (Å²) in [6, 6.07) is 20.4. The molecule has 2 nitrogen and oxygen atoms in total. The van der Waals surface area contributed by atoms with Crippen LogP contribution in [0.15, 0.2) is 77.4 Å². The van der Waals surface area contributed by atoms with Gasteiger partial charge in [0.2, 0.25) is 0 Å². The van der Waals surface area contributed by atoms with Gasteiger partial charge >= 0.3 is 0 Å². The number of aliphatic imine (C=N–C) groups is 1. The van der Waals surface area contributed by atoms with Crippen LogP contribution in [0, 0.1) is 0 Å². The number of benzene rings is 2. The lowest BCUT2D eigenvalue weighted by molar-refractivity contribution is 0.705. The van der Waals surface area contributed by atoms with Crippen molar-refractivity contribution in [2.24, 2.45) is 4.99 Å². The number of nitrogens with one attached hydrogen (secondary N) is 1. The van der Waals surface area contributed by atoms with Gasteiger partial charge in [0.25, 0.3) is 0 Å². The fourth-order valence-corrected chi connectivity index (χ4v) is 3.63. The van der Waals surface area contributed by atoms with Crippen molar-refractivity contribution in [3.05, 3.63) is 72.4 Å². The molecule has 1 aliphatic rings. The maximum atomic E-state index is 4.77. The van der Waals surface area contributed by atoms with Crippen LogP contribution in [0.5, 0.6) is 0 Å². The van der Waals surface area contributed by atoms with E-state index >= 15 is 0 Å². The molecule has 0 bridgehead atoms. The van der Waals surface area contributed by atoms with E-state index < -0.39 is 0 Å². The molecule has 22 heavy (non-hydrogen) atoms. The second kappa shape index (κ2) is 6.41.